The van der Waals surface area contributed by atoms with Crippen molar-refractivity contribution in [1.82, 2.24) is 4.98 Å². The lowest BCUT2D eigenvalue weighted by molar-refractivity contribution is 0.0900. The van der Waals surface area contributed by atoms with Crippen molar-refractivity contribution in [2.45, 2.75) is 25.9 Å². The summed E-state index contributed by atoms with van der Waals surface area (Å²) in [4.78, 5) is 4.18. The minimum Gasteiger partial charge on any atom is -0.396 e. The standard InChI is InChI=1S/C12H18ClN3O/c1-2-11-8(3-4-17-11)6-15-12-10(14)5-9(13)7-16-12/h5,7-8,11H,2-4,6,14H2,1H3,(H,15,16). The Bertz CT molecular complexity index is 386. The highest BCUT2D eigenvalue weighted by Gasteiger charge is 2.26. The lowest BCUT2D eigenvalue weighted by atomic mass is 10.00. The number of nitrogens with two attached hydrogens (primary N) is 1. The Morgan fingerprint density at radius 2 is 2.47 bits per heavy atom. The van der Waals surface area contributed by atoms with Gasteiger partial charge in [-0.25, -0.2) is 4.98 Å². The molecule has 5 heteroatoms. The largest absolute Gasteiger partial charge is 0.396 e. The van der Waals surface area contributed by atoms with Gasteiger partial charge in [-0.1, -0.05) is 18.5 Å². The minimum atomic E-state index is 0.357. The molecule has 1 aromatic rings. The van der Waals surface area contributed by atoms with Gasteiger partial charge in [-0.3, -0.25) is 0 Å². The van der Waals surface area contributed by atoms with Crippen LogP contribution in [0.1, 0.15) is 19.8 Å². The van der Waals surface area contributed by atoms with Crippen molar-refractivity contribution in [2.24, 2.45) is 5.92 Å². The van der Waals surface area contributed by atoms with Gasteiger partial charge in [0.05, 0.1) is 16.8 Å². The summed E-state index contributed by atoms with van der Waals surface area (Å²) in [5.41, 5.74) is 6.42. The molecule has 2 atom stereocenters. The van der Waals surface area contributed by atoms with Gasteiger partial charge in [0.2, 0.25) is 0 Å². The number of hydrogen-bond acceptors (Lipinski definition) is 4. The fraction of sp³-hybridized carbons (Fsp3) is 0.583. The molecule has 1 aromatic heterocycles. The van der Waals surface area contributed by atoms with E-state index in [-0.39, 0.29) is 0 Å². The minimum absolute atomic E-state index is 0.357. The molecule has 1 aliphatic rings. The highest BCUT2D eigenvalue weighted by Crippen LogP contribution is 2.25. The molecule has 0 aromatic carbocycles. The van der Waals surface area contributed by atoms with Crippen LogP contribution in [0.3, 0.4) is 0 Å². The zero-order valence-electron chi connectivity index (χ0n) is 9.95. The number of pyridine rings is 1. The highest BCUT2D eigenvalue weighted by molar-refractivity contribution is 6.30. The third-order valence-corrected chi connectivity index (χ3v) is 3.37. The van der Waals surface area contributed by atoms with Crippen LogP contribution in [0, 0.1) is 5.92 Å². The third-order valence-electron chi connectivity index (χ3n) is 3.16. The number of rotatable bonds is 4. The van der Waals surface area contributed by atoms with Crippen LogP contribution in [0.4, 0.5) is 11.5 Å². The lowest BCUT2D eigenvalue weighted by Crippen LogP contribution is -2.23. The van der Waals surface area contributed by atoms with Crippen LogP contribution >= 0.6 is 11.6 Å². The Labute approximate surface area is 107 Å². The molecule has 1 saturated heterocycles. The number of hydrogen-bond donors (Lipinski definition) is 2. The zero-order chi connectivity index (χ0) is 12.3. The van der Waals surface area contributed by atoms with E-state index in [1.165, 1.54) is 0 Å². The highest BCUT2D eigenvalue weighted by atomic mass is 35.5. The maximum Gasteiger partial charge on any atom is 0.149 e. The van der Waals surface area contributed by atoms with Gasteiger partial charge < -0.3 is 15.8 Å². The maximum absolute atomic E-state index is 5.83. The first kappa shape index (κ1) is 12.5. The van der Waals surface area contributed by atoms with Crippen molar-refractivity contribution in [3.63, 3.8) is 0 Å². The number of halogens is 1. The quantitative estimate of drug-likeness (QED) is 0.868. The van der Waals surface area contributed by atoms with E-state index in [1.54, 1.807) is 12.3 Å². The number of aromatic nitrogens is 1. The fourth-order valence-corrected chi connectivity index (χ4v) is 2.37. The molecule has 94 valence electrons. The van der Waals surface area contributed by atoms with E-state index >= 15 is 0 Å². The maximum atomic E-state index is 5.83. The smallest absolute Gasteiger partial charge is 0.149 e. The lowest BCUT2D eigenvalue weighted by Gasteiger charge is -2.18. The summed E-state index contributed by atoms with van der Waals surface area (Å²) in [6.07, 6.45) is 4.11. The summed E-state index contributed by atoms with van der Waals surface area (Å²) >= 11 is 5.80. The van der Waals surface area contributed by atoms with Crippen LogP contribution in [-0.2, 0) is 4.74 Å². The molecule has 2 heterocycles. The van der Waals surface area contributed by atoms with Crippen LogP contribution in [0.5, 0.6) is 0 Å². The molecule has 0 radical (unpaired) electrons. The molecule has 0 saturated carbocycles. The molecule has 0 amide bonds. The van der Waals surface area contributed by atoms with Crippen LogP contribution in [0.2, 0.25) is 5.02 Å². The van der Waals surface area contributed by atoms with Crippen LogP contribution in [0.25, 0.3) is 0 Å². The summed E-state index contributed by atoms with van der Waals surface area (Å²) < 4.78 is 5.64. The van der Waals surface area contributed by atoms with E-state index in [2.05, 4.69) is 17.2 Å². The second kappa shape index (κ2) is 5.56. The van der Waals surface area contributed by atoms with E-state index in [9.17, 15) is 0 Å². The van der Waals surface area contributed by atoms with E-state index in [1.807, 2.05) is 0 Å². The van der Waals surface area contributed by atoms with E-state index in [4.69, 9.17) is 22.1 Å². The average molecular weight is 256 g/mol. The molecule has 4 nitrogen and oxygen atoms in total. The second-order valence-corrected chi connectivity index (χ2v) is 4.77. The second-order valence-electron chi connectivity index (χ2n) is 4.34. The summed E-state index contributed by atoms with van der Waals surface area (Å²) in [5, 5.41) is 3.83. The molecule has 2 rings (SSSR count). The first-order valence-electron chi connectivity index (χ1n) is 5.97. The number of anilines is 2. The predicted molar refractivity (Wildman–Crippen MR) is 70.3 cm³/mol. The Kier molecular flexibility index (Phi) is 4.07. The molecule has 0 aliphatic carbocycles. The molecule has 3 N–H and O–H groups in total. The van der Waals surface area contributed by atoms with E-state index < -0.39 is 0 Å². The SMILES string of the molecule is CCC1OCCC1CNc1ncc(Cl)cc1N. The van der Waals surface area contributed by atoms with Crippen molar-refractivity contribution in [2.75, 3.05) is 24.2 Å². The normalized spacial score (nSPS) is 23.9. The first-order valence-corrected chi connectivity index (χ1v) is 6.35. The van der Waals surface area contributed by atoms with Gasteiger partial charge in [0.15, 0.2) is 0 Å². The zero-order valence-corrected chi connectivity index (χ0v) is 10.7. The van der Waals surface area contributed by atoms with Crippen molar-refractivity contribution in [3.8, 4) is 0 Å². The molecule has 1 fully saturated rings. The van der Waals surface area contributed by atoms with E-state index in [0.29, 0.717) is 28.5 Å². The van der Waals surface area contributed by atoms with Gasteiger partial charge in [-0.15, -0.1) is 0 Å². The van der Waals surface area contributed by atoms with Gasteiger partial charge >= 0.3 is 0 Å². The van der Waals surface area contributed by atoms with Crippen molar-refractivity contribution in [1.29, 1.82) is 0 Å². The molecular formula is C12H18ClN3O. The molecule has 0 bridgehead atoms. The van der Waals surface area contributed by atoms with Gasteiger partial charge in [0.1, 0.15) is 5.82 Å². The molecule has 17 heavy (non-hydrogen) atoms. The van der Waals surface area contributed by atoms with Crippen molar-refractivity contribution < 1.29 is 4.74 Å². The van der Waals surface area contributed by atoms with Crippen LogP contribution in [-0.4, -0.2) is 24.2 Å². The number of nitrogens with zero attached hydrogens (tertiary/aromatic N) is 1. The molecule has 1 aliphatic heterocycles. The number of nitrogens with one attached hydrogen (secondary N) is 1. The first-order chi connectivity index (χ1) is 8.20. The summed E-state index contributed by atoms with van der Waals surface area (Å²) in [7, 11) is 0. The van der Waals surface area contributed by atoms with Gasteiger partial charge in [-0.2, -0.15) is 0 Å². The summed E-state index contributed by atoms with van der Waals surface area (Å²) in [5.74, 6) is 1.24. The Hall–Kier alpha value is -1.00. The Morgan fingerprint density at radius 3 is 3.18 bits per heavy atom. The predicted octanol–water partition coefficient (Wildman–Crippen LogP) is 2.54. The summed E-state index contributed by atoms with van der Waals surface area (Å²) in [6.45, 7) is 3.85. The van der Waals surface area contributed by atoms with E-state index in [0.717, 1.165) is 26.0 Å². The molecular weight excluding hydrogens is 238 g/mol. The van der Waals surface area contributed by atoms with Crippen molar-refractivity contribution in [3.05, 3.63) is 17.3 Å². The Morgan fingerprint density at radius 1 is 1.65 bits per heavy atom. The van der Waals surface area contributed by atoms with Gasteiger partial charge in [-0.05, 0) is 18.9 Å². The average Bonchev–Trinajstić information content (AvgIpc) is 2.75. The van der Waals surface area contributed by atoms with Crippen LogP contribution < -0.4 is 11.1 Å². The molecule has 2 unspecified atom stereocenters. The topological polar surface area (TPSA) is 60.2 Å². The molecule has 0 spiro atoms. The third kappa shape index (κ3) is 3.01. The van der Waals surface area contributed by atoms with Crippen molar-refractivity contribution >= 4 is 23.1 Å². The van der Waals surface area contributed by atoms with Crippen LogP contribution in [0.15, 0.2) is 12.3 Å². The van der Waals surface area contributed by atoms with Gasteiger partial charge in [0.25, 0.3) is 0 Å². The summed E-state index contributed by atoms with van der Waals surface area (Å²) in [6, 6.07) is 1.71. The fourth-order valence-electron chi connectivity index (χ4n) is 2.21. The number of nitrogen functional groups attached to an aromatic ring is 1. The van der Waals surface area contributed by atoms with Gasteiger partial charge in [0, 0.05) is 25.3 Å². The monoisotopic (exact) mass is 255 g/mol. The Balaban J connectivity index is 1.93. The number of ether oxygens (including phenoxy) is 1.